The third-order valence-corrected chi connectivity index (χ3v) is 6.82. The number of nitrogens with one attached hydrogen (secondary N) is 2. The van der Waals surface area contributed by atoms with Gasteiger partial charge in [0.15, 0.2) is 11.5 Å². The zero-order valence-electron chi connectivity index (χ0n) is 17.8. The number of imidazole rings is 1. The molecule has 1 amide bonds. The van der Waals surface area contributed by atoms with Crippen LogP contribution in [-0.4, -0.2) is 54.3 Å². The van der Waals surface area contributed by atoms with Crippen molar-refractivity contribution in [3.8, 4) is 11.1 Å². The number of aromatic nitrogens is 5. The van der Waals surface area contributed by atoms with Crippen molar-refractivity contribution >= 4 is 28.5 Å². The number of halogens is 1. The highest BCUT2D eigenvalue weighted by molar-refractivity contribution is 5.93. The molecule has 32 heavy (non-hydrogen) atoms. The fourth-order valence-corrected chi connectivity index (χ4v) is 5.14. The molecule has 9 heteroatoms. The standard InChI is InChI=1S/C23H24FN7O/c1-23(21(32)30-5-2-3-6-30)9-15(10-23)28-22-27-12-17-16(11-26-19(17)29-22)14-8-18(24)20-25-4-7-31(20)13-14/h4,7-8,11-13,15H,2-3,5-6,9-10H2,1H3,(H2,26,27,28,29). The van der Waals surface area contributed by atoms with Crippen LogP contribution in [0.2, 0.25) is 0 Å². The fourth-order valence-electron chi connectivity index (χ4n) is 5.14. The third kappa shape index (κ3) is 3.03. The Labute approximate surface area is 183 Å². The average molecular weight is 433 g/mol. The minimum absolute atomic E-state index is 0.177. The molecule has 0 unspecified atom stereocenters. The van der Waals surface area contributed by atoms with Crippen LogP contribution in [0.1, 0.15) is 32.6 Å². The van der Waals surface area contributed by atoms with Gasteiger partial charge in [0.25, 0.3) is 0 Å². The number of hydrogen-bond donors (Lipinski definition) is 2. The van der Waals surface area contributed by atoms with Gasteiger partial charge in [-0.25, -0.2) is 14.4 Å². The van der Waals surface area contributed by atoms with Crippen LogP contribution in [0.25, 0.3) is 27.8 Å². The van der Waals surface area contributed by atoms with E-state index in [-0.39, 0.29) is 23.2 Å². The molecule has 0 radical (unpaired) electrons. The number of carbonyl (C=O) groups is 1. The van der Waals surface area contributed by atoms with E-state index in [4.69, 9.17) is 0 Å². The lowest BCUT2D eigenvalue weighted by molar-refractivity contribution is -0.145. The fraction of sp³-hybridized carbons (Fsp3) is 0.391. The summed E-state index contributed by atoms with van der Waals surface area (Å²) in [4.78, 5) is 31.1. The Morgan fingerprint density at radius 1 is 1.28 bits per heavy atom. The molecule has 0 aromatic carbocycles. The number of H-pyrrole nitrogens is 1. The van der Waals surface area contributed by atoms with Gasteiger partial charge in [-0.3, -0.25) is 4.79 Å². The SMILES string of the molecule is CC1(C(=O)N2CCCC2)CC(Nc2ncc3c(-c4cc(F)c5nccn5c4)c[nH]c3n2)C1. The Hall–Kier alpha value is -3.49. The lowest BCUT2D eigenvalue weighted by Crippen LogP contribution is -2.53. The number of fused-ring (bicyclic) bond motifs is 2. The van der Waals surface area contributed by atoms with Gasteiger partial charge in [0.2, 0.25) is 11.9 Å². The average Bonchev–Trinajstić information content (AvgIpc) is 3.51. The molecule has 8 nitrogen and oxygen atoms in total. The number of hydrogen-bond acceptors (Lipinski definition) is 5. The summed E-state index contributed by atoms with van der Waals surface area (Å²) >= 11 is 0. The van der Waals surface area contributed by atoms with E-state index in [0.29, 0.717) is 17.2 Å². The van der Waals surface area contributed by atoms with Crippen LogP contribution in [0.3, 0.4) is 0 Å². The van der Waals surface area contributed by atoms with Gasteiger partial charge in [0.05, 0.1) is 5.41 Å². The van der Waals surface area contributed by atoms with Gasteiger partial charge in [0, 0.05) is 66.6 Å². The normalized spacial score (nSPS) is 23.1. The van der Waals surface area contributed by atoms with Gasteiger partial charge in [0.1, 0.15) is 5.65 Å². The highest BCUT2D eigenvalue weighted by Crippen LogP contribution is 2.44. The van der Waals surface area contributed by atoms with E-state index in [2.05, 4.69) is 32.2 Å². The van der Waals surface area contributed by atoms with Gasteiger partial charge in [-0.2, -0.15) is 4.98 Å². The smallest absolute Gasteiger partial charge is 0.228 e. The number of anilines is 1. The number of nitrogens with zero attached hydrogens (tertiary/aromatic N) is 5. The van der Waals surface area contributed by atoms with Crippen LogP contribution in [-0.2, 0) is 4.79 Å². The molecule has 2 N–H and O–H groups in total. The minimum Gasteiger partial charge on any atom is -0.351 e. The molecule has 4 aromatic heterocycles. The summed E-state index contributed by atoms with van der Waals surface area (Å²) in [5.41, 5.74) is 2.24. The Kier molecular flexibility index (Phi) is 4.21. The van der Waals surface area contributed by atoms with Crippen LogP contribution in [0.5, 0.6) is 0 Å². The van der Waals surface area contributed by atoms with Crippen LogP contribution in [0.4, 0.5) is 10.3 Å². The molecule has 4 aromatic rings. The first kappa shape index (κ1) is 19.2. The van der Waals surface area contributed by atoms with Gasteiger partial charge in [-0.05, 0) is 31.7 Å². The molecular weight excluding hydrogens is 409 g/mol. The first-order valence-corrected chi connectivity index (χ1v) is 11.0. The maximum absolute atomic E-state index is 14.4. The summed E-state index contributed by atoms with van der Waals surface area (Å²) in [5, 5.41) is 4.18. The van der Waals surface area contributed by atoms with E-state index in [9.17, 15) is 9.18 Å². The van der Waals surface area contributed by atoms with E-state index in [1.165, 1.54) is 6.07 Å². The maximum Gasteiger partial charge on any atom is 0.228 e. The van der Waals surface area contributed by atoms with Crippen molar-refractivity contribution in [3.63, 3.8) is 0 Å². The minimum atomic E-state index is -0.377. The molecular formula is C23H24FN7O. The lowest BCUT2D eigenvalue weighted by atomic mass is 9.66. The Morgan fingerprint density at radius 3 is 2.91 bits per heavy atom. The molecule has 6 rings (SSSR count). The van der Waals surface area contributed by atoms with Gasteiger partial charge in [-0.15, -0.1) is 0 Å². The van der Waals surface area contributed by atoms with E-state index in [1.54, 1.807) is 23.0 Å². The molecule has 1 saturated heterocycles. The highest BCUT2D eigenvalue weighted by Gasteiger charge is 2.48. The molecule has 2 fully saturated rings. The van der Waals surface area contributed by atoms with Gasteiger partial charge < -0.3 is 19.6 Å². The number of amides is 1. The second kappa shape index (κ2) is 7.01. The second-order valence-corrected chi connectivity index (χ2v) is 9.20. The van der Waals surface area contributed by atoms with Crippen LogP contribution < -0.4 is 5.32 Å². The molecule has 0 atom stereocenters. The topological polar surface area (TPSA) is 91.2 Å². The van der Waals surface area contributed by atoms with E-state index in [0.717, 1.165) is 55.3 Å². The van der Waals surface area contributed by atoms with Crippen molar-refractivity contribution in [2.75, 3.05) is 18.4 Å². The van der Waals surface area contributed by atoms with Crippen LogP contribution in [0.15, 0.2) is 37.1 Å². The first-order chi connectivity index (χ1) is 15.5. The number of rotatable bonds is 4. The Balaban J connectivity index is 1.19. The molecule has 2 aliphatic rings. The van der Waals surface area contributed by atoms with E-state index >= 15 is 0 Å². The second-order valence-electron chi connectivity index (χ2n) is 9.20. The zero-order valence-corrected chi connectivity index (χ0v) is 17.8. The summed E-state index contributed by atoms with van der Waals surface area (Å²) in [6, 6.07) is 1.65. The number of carbonyl (C=O) groups excluding carboxylic acids is 1. The van der Waals surface area contributed by atoms with Gasteiger partial charge in [-0.1, -0.05) is 6.92 Å². The maximum atomic E-state index is 14.4. The van der Waals surface area contributed by atoms with Crippen LogP contribution >= 0.6 is 0 Å². The number of likely N-dealkylation sites (tertiary alicyclic amines) is 1. The molecule has 0 bridgehead atoms. The molecule has 164 valence electrons. The largest absolute Gasteiger partial charge is 0.351 e. The van der Waals surface area contributed by atoms with Crippen molar-refractivity contribution in [1.29, 1.82) is 0 Å². The van der Waals surface area contributed by atoms with Gasteiger partial charge >= 0.3 is 0 Å². The van der Waals surface area contributed by atoms with Crippen molar-refractivity contribution in [3.05, 3.63) is 42.9 Å². The molecule has 1 saturated carbocycles. The highest BCUT2D eigenvalue weighted by atomic mass is 19.1. The van der Waals surface area contributed by atoms with Crippen molar-refractivity contribution < 1.29 is 9.18 Å². The summed E-state index contributed by atoms with van der Waals surface area (Å²) in [5.74, 6) is 0.431. The summed E-state index contributed by atoms with van der Waals surface area (Å²) in [7, 11) is 0. The number of pyridine rings is 1. The predicted octanol–water partition coefficient (Wildman–Crippen LogP) is 3.61. The molecule has 5 heterocycles. The Bertz CT molecular complexity index is 1330. The van der Waals surface area contributed by atoms with E-state index < -0.39 is 0 Å². The molecule has 0 spiro atoms. The quantitative estimate of drug-likeness (QED) is 0.513. The summed E-state index contributed by atoms with van der Waals surface area (Å²) in [6.07, 6.45) is 12.5. The third-order valence-electron chi connectivity index (χ3n) is 6.82. The zero-order chi connectivity index (χ0) is 21.9. The van der Waals surface area contributed by atoms with Crippen molar-refractivity contribution in [2.24, 2.45) is 5.41 Å². The summed E-state index contributed by atoms with van der Waals surface area (Å²) in [6.45, 7) is 3.83. The predicted molar refractivity (Wildman–Crippen MR) is 119 cm³/mol. The first-order valence-electron chi connectivity index (χ1n) is 11.0. The molecule has 1 aliphatic heterocycles. The van der Waals surface area contributed by atoms with Crippen molar-refractivity contribution in [2.45, 2.75) is 38.6 Å². The van der Waals surface area contributed by atoms with E-state index in [1.807, 2.05) is 17.3 Å². The van der Waals surface area contributed by atoms with Crippen LogP contribution in [0, 0.1) is 11.2 Å². The number of aromatic amines is 1. The lowest BCUT2D eigenvalue weighted by Gasteiger charge is -2.45. The molecule has 1 aliphatic carbocycles. The van der Waals surface area contributed by atoms with Crippen molar-refractivity contribution in [1.82, 2.24) is 29.2 Å². The summed E-state index contributed by atoms with van der Waals surface area (Å²) < 4.78 is 16.0. The Morgan fingerprint density at radius 2 is 2.09 bits per heavy atom. The monoisotopic (exact) mass is 433 g/mol.